The molecule has 0 bridgehead atoms. The Bertz CT molecular complexity index is 595. The van der Waals surface area contributed by atoms with Crippen molar-refractivity contribution in [2.75, 3.05) is 0 Å². The molecule has 2 rings (SSSR count). The van der Waals surface area contributed by atoms with Gasteiger partial charge in [-0.2, -0.15) is 0 Å². The van der Waals surface area contributed by atoms with Gasteiger partial charge in [-0.3, -0.25) is 4.79 Å². The maximum absolute atomic E-state index is 14.1. The third-order valence-corrected chi connectivity index (χ3v) is 3.74. The molecule has 2 aromatic rings. The highest BCUT2D eigenvalue weighted by molar-refractivity contribution is 9.10. The molecule has 19 heavy (non-hydrogen) atoms. The number of carboxylic acid groups (broad SMARTS) is 1. The Labute approximate surface area is 118 Å². The van der Waals surface area contributed by atoms with Gasteiger partial charge in [0.05, 0.1) is 16.2 Å². The average molecular weight is 327 g/mol. The second-order valence-corrected chi connectivity index (χ2v) is 5.35. The molecule has 0 aliphatic rings. The molecule has 3 nitrogen and oxygen atoms in total. The quantitative estimate of drug-likeness (QED) is 0.930. The summed E-state index contributed by atoms with van der Waals surface area (Å²) in [5.74, 6) is -1.15. The van der Waals surface area contributed by atoms with Gasteiger partial charge in [-0.1, -0.05) is 12.1 Å². The van der Waals surface area contributed by atoms with Gasteiger partial charge in [-0.05, 0) is 41.1 Å². The Kier molecular flexibility index (Phi) is 3.75. The van der Waals surface area contributed by atoms with E-state index in [4.69, 9.17) is 4.42 Å². The van der Waals surface area contributed by atoms with Crippen molar-refractivity contribution in [2.24, 2.45) is 0 Å². The van der Waals surface area contributed by atoms with Crippen molar-refractivity contribution >= 4 is 21.9 Å². The lowest BCUT2D eigenvalue weighted by Gasteiger charge is -2.25. The average Bonchev–Trinajstić information content (AvgIpc) is 2.85. The lowest BCUT2D eigenvalue weighted by molar-refractivity contribution is -0.143. The van der Waals surface area contributed by atoms with Gasteiger partial charge in [0.2, 0.25) is 0 Å². The van der Waals surface area contributed by atoms with E-state index in [0.717, 1.165) is 0 Å². The van der Waals surface area contributed by atoms with Crippen LogP contribution in [0.4, 0.5) is 4.39 Å². The lowest BCUT2D eigenvalue weighted by atomic mass is 9.78. The maximum Gasteiger partial charge on any atom is 0.314 e. The second-order valence-electron chi connectivity index (χ2n) is 4.49. The topological polar surface area (TPSA) is 50.4 Å². The van der Waals surface area contributed by atoms with Gasteiger partial charge in [0, 0.05) is 12.0 Å². The predicted molar refractivity (Wildman–Crippen MR) is 71.5 cm³/mol. The molecule has 0 aliphatic carbocycles. The number of carbonyl (C=O) groups is 1. The van der Waals surface area contributed by atoms with Gasteiger partial charge in [-0.15, -0.1) is 0 Å². The Balaban J connectivity index is 2.50. The summed E-state index contributed by atoms with van der Waals surface area (Å²) in [6.07, 6.45) is 1.55. The minimum atomic E-state index is -1.38. The summed E-state index contributed by atoms with van der Waals surface area (Å²) in [4.78, 5) is 11.6. The van der Waals surface area contributed by atoms with Crippen molar-refractivity contribution in [1.29, 1.82) is 0 Å². The van der Waals surface area contributed by atoms with E-state index in [-0.39, 0.29) is 16.5 Å². The first-order chi connectivity index (χ1) is 8.95. The van der Waals surface area contributed by atoms with E-state index < -0.39 is 17.2 Å². The Morgan fingerprint density at radius 2 is 2.16 bits per heavy atom. The first-order valence-electron chi connectivity index (χ1n) is 5.65. The number of furan rings is 1. The molecule has 1 aromatic carbocycles. The number of carboxylic acids is 1. The number of rotatable bonds is 4. The number of halogens is 2. The number of hydrogen-bond acceptors (Lipinski definition) is 2. The largest absolute Gasteiger partial charge is 0.481 e. The Morgan fingerprint density at radius 3 is 2.74 bits per heavy atom. The van der Waals surface area contributed by atoms with Gasteiger partial charge in [0.1, 0.15) is 11.6 Å². The molecule has 0 fully saturated rings. The van der Waals surface area contributed by atoms with E-state index in [2.05, 4.69) is 15.9 Å². The minimum absolute atomic E-state index is 0.0860. The standard InChI is InChI=1S/C14H12BrFO3/c1-14(13(17)18,8-9-4-3-7-19-9)10-5-2-6-11(15)12(10)16/h2-7H,8H2,1H3,(H,17,18). The number of aliphatic carboxylic acids is 1. The summed E-state index contributed by atoms with van der Waals surface area (Å²) in [5, 5.41) is 9.48. The van der Waals surface area contributed by atoms with E-state index >= 15 is 0 Å². The maximum atomic E-state index is 14.1. The normalized spacial score (nSPS) is 14.1. The van der Waals surface area contributed by atoms with Crippen LogP contribution >= 0.6 is 15.9 Å². The van der Waals surface area contributed by atoms with Crippen LogP contribution in [0, 0.1) is 5.82 Å². The van der Waals surface area contributed by atoms with Crippen LogP contribution in [0.15, 0.2) is 45.5 Å². The van der Waals surface area contributed by atoms with E-state index in [0.29, 0.717) is 5.76 Å². The third-order valence-electron chi connectivity index (χ3n) is 3.13. The number of benzene rings is 1. The van der Waals surface area contributed by atoms with Gasteiger partial charge in [0.15, 0.2) is 0 Å². The molecule has 0 amide bonds. The van der Waals surface area contributed by atoms with Crippen LogP contribution in [0.2, 0.25) is 0 Å². The van der Waals surface area contributed by atoms with E-state index in [1.54, 1.807) is 18.2 Å². The summed E-state index contributed by atoms with van der Waals surface area (Å²) in [7, 11) is 0. The summed E-state index contributed by atoms with van der Waals surface area (Å²) < 4.78 is 19.6. The van der Waals surface area contributed by atoms with Crippen molar-refractivity contribution < 1.29 is 18.7 Å². The van der Waals surface area contributed by atoms with Crippen molar-refractivity contribution in [3.05, 3.63) is 58.2 Å². The van der Waals surface area contributed by atoms with Crippen LogP contribution in [0.1, 0.15) is 18.2 Å². The third kappa shape index (κ3) is 2.56. The number of hydrogen-bond donors (Lipinski definition) is 1. The van der Waals surface area contributed by atoms with Crippen LogP contribution in [-0.4, -0.2) is 11.1 Å². The summed E-state index contributed by atoms with van der Waals surface area (Å²) in [6.45, 7) is 1.49. The van der Waals surface area contributed by atoms with Gasteiger partial charge < -0.3 is 9.52 Å². The molecule has 0 spiro atoms. The fourth-order valence-corrected chi connectivity index (χ4v) is 2.34. The highest BCUT2D eigenvalue weighted by atomic mass is 79.9. The van der Waals surface area contributed by atoms with E-state index in [1.807, 2.05) is 0 Å². The molecule has 5 heteroatoms. The summed E-state index contributed by atoms with van der Waals surface area (Å²) in [6, 6.07) is 7.99. The molecule has 1 N–H and O–H groups in total. The first kappa shape index (κ1) is 13.8. The molecule has 0 saturated carbocycles. The van der Waals surface area contributed by atoms with Crippen molar-refractivity contribution in [3.8, 4) is 0 Å². The molecule has 1 unspecified atom stereocenters. The minimum Gasteiger partial charge on any atom is -0.481 e. The first-order valence-corrected chi connectivity index (χ1v) is 6.44. The monoisotopic (exact) mass is 326 g/mol. The molecular formula is C14H12BrFO3. The molecule has 0 radical (unpaired) electrons. The van der Waals surface area contributed by atoms with Crippen LogP contribution < -0.4 is 0 Å². The SMILES string of the molecule is CC(Cc1ccco1)(C(=O)O)c1cccc(Br)c1F. The van der Waals surface area contributed by atoms with Gasteiger partial charge in [0.25, 0.3) is 0 Å². The zero-order valence-corrected chi connectivity index (χ0v) is 11.8. The van der Waals surface area contributed by atoms with Crippen molar-refractivity contribution in [1.82, 2.24) is 0 Å². The zero-order chi connectivity index (χ0) is 14.0. The summed E-state index contributed by atoms with van der Waals surface area (Å²) in [5.41, 5.74) is -1.25. The van der Waals surface area contributed by atoms with E-state index in [1.165, 1.54) is 25.3 Å². The molecule has 1 atom stereocenters. The van der Waals surface area contributed by atoms with Crippen molar-refractivity contribution in [2.45, 2.75) is 18.8 Å². The van der Waals surface area contributed by atoms with Gasteiger partial charge in [-0.25, -0.2) is 4.39 Å². The van der Waals surface area contributed by atoms with Crippen LogP contribution in [0.25, 0.3) is 0 Å². The van der Waals surface area contributed by atoms with Crippen LogP contribution in [0.3, 0.4) is 0 Å². The second kappa shape index (κ2) is 5.17. The lowest BCUT2D eigenvalue weighted by Crippen LogP contribution is -2.35. The smallest absolute Gasteiger partial charge is 0.314 e. The fourth-order valence-electron chi connectivity index (χ4n) is 1.98. The predicted octanol–water partition coefficient (Wildman–Crippen LogP) is 3.77. The molecule has 0 aliphatic heterocycles. The molecule has 0 saturated heterocycles. The van der Waals surface area contributed by atoms with Crippen LogP contribution in [-0.2, 0) is 16.6 Å². The van der Waals surface area contributed by atoms with E-state index in [9.17, 15) is 14.3 Å². The molecule has 1 heterocycles. The Hall–Kier alpha value is -1.62. The molecule has 100 valence electrons. The molecule has 1 aromatic heterocycles. The summed E-state index contributed by atoms with van der Waals surface area (Å²) >= 11 is 3.07. The van der Waals surface area contributed by atoms with Crippen molar-refractivity contribution in [3.63, 3.8) is 0 Å². The molecular weight excluding hydrogens is 315 g/mol. The van der Waals surface area contributed by atoms with Crippen LogP contribution in [0.5, 0.6) is 0 Å². The Morgan fingerprint density at radius 1 is 1.42 bits per heavy atom. The highest BCUT2D eigenvalue weighted by Crippen LogP contribution is 2.33. The zero-order valence-electron chi connectivity index (χ0n) is 10.2. The van der Waals surface area contributed by atoms with Gasteiger partial charge >= 0.3 is 5.97 Å². The highest BCUT2D eigenvalue weighted by Gasteiger charge is 2.39. The fraction of sp³-hybridized carbons (Fsp3) is 0.214.